The first-order valence-electron chi connectivity index (χ1n) is 12.5. The number of rotatable bonds is 9. The molecule has 13 heteroatoms. The van der Waals surface area contributed by atoms with Crippen molar-refractivity contribution in [3.63, 3.8) is 0 Å². The van der Waals surface area contributed by atoms with Gasteiger partial charge in [-0.1, -0.05) is 12.1 Å². The number of fused-ring (bicyclic) bond motifs is 1. The van der Waals surface area contributed by atoms with Crippen LogP contribution in [0.25, 0.3) is 6.08 Å². The summed E-state index contributed by atoms with van der Waals surface area (Å²) in [6, 6.07) is 6.95. The van der Waals surface area contributed by atoms with Gasteiger partial charge in [-0.25, -0.2) is 9.59 Å². The van der Waals surface area contributed by atoms with Crippen LogP contribution in [0, 0.1) is 11.8 Å². The van der Waals surface area contributed by atoms with Gasteiger partial charge in [0.1, 0.15) is 36.3 Å². The second kappa shape index (κ2) is 12.9. The zero-order chi connectivity index (χ0) is 29.0. The lowest BCUT2D eigenvalue weighted by Gasteiger charge is -2.43. The van der Waals surface area contributed by atoms with Crippen LogP contribution >= 0.6 is 0 Å². The van der Waals surface area contributed by atoms with Crippen LogP contribution < -0.4 is 4.74 Å². The molecule has 0 saturated carbocycles. The van der Waals surface area contributed by atoms with Crippen molar-refractivity contribution in [2.24, 2.45) is 11.8 Å². The van der Waals surface area contributed by atoms with E-state index < -0.39 is 80.1 Å². The summed E-state index contributed by atoms with van der Waals surface area (Å²) < 4.78 is 32.5. The first-order chi connectivity index (χ1) is 19.2. The second-order valence-electron chi connectivity index (χ2n) is 9.36. The molecule has 218 valence electrons. The Hall–Kier alpha value is -3.30. The molecule has 5 N–H and O–H groups in total. The van der Waals surface area contributed by atoms with E-state index >= 15 is 0 Å². The van der Waals surface area contributed by atoms with Gasteiger partial charge in [-0.05, 0) is 35.4 Å². The Morgan fingerprint density at radius 3 is 2.33 bits per heavy atom. The number of benzene rings is 1. The van der Waals surface area contributed by atoms with Crippen LogP contribution in [-0.4, -0.2) is 108 Å². The molecule has 2 heterocycles. The minimum atomic E-state index is -1.72. The van der Waals surface area contributed by atoms with E-state index in [4.69, 9.17) is 28.4 Å². The lowest BCUT2D eigenvalue weighted by molar-refractivity contribution is -0.340. The van der Waals surface area contributed by atoms with Gasteiger partial charge in [0.2, 0.25) is 6.29 Å². The molecular formula is C27H32O13. The Morgan fingerprint density at radius 2 is 1.70 bits per heavy atom. The van der Waals surface area contributed by atoms with Crippen molar-refractivity contribution in [3.8, 4) is 5.75 Å². The Labute approximate surface area is 229 Å². The molecule has 9 atom stereocenters. The predicted molar refractivity (Wildman–Crippen MR) is 134 cm³/mol. The van der Waals surface area contributed by atoms with Gasteiger partial charge in [-0.3, -0.25) is 0 Å². The maximum Gasteiger partial charge on any atom is 0.337 e. The van der Waals surface area contributed by atoms with Crippen LogP contribution in [0.5, 0.6) is 5.75 Å². The summed E-state index contributed by atoms with van der Waals surface area (Å²) in [5.74, 6) is -2.64. The molecule has 3 aliphatic rings. The Morgan fingerprint density at radius 1 is 0.975 bits per heavy atom. The van der Waals surface area contributed by atoms with Crippen molar-refractivity contribution >= 4 is 18.0 Å². The molecule has 40 heavy (non-hydrogen) atoms. The van der Waals surface area contributed by atoms with Gasteiger partial charge in [0, 0.05) is 12.0 Å². The molecule has 0 amide bonds. The maximum absolute atomic E-state index is 12.7. The Bertz CT molecular complexity index is 1140. The van der Waals surface area contributed by atoms with E-state index in [0.29, 0.717) is 16.9 Å². The van der Waals surface area contributed by atoms with Gasteiger partial charge >= 0.3 is 11.9 Å². The highest BCUT2D eigenvalue weighted by atomic mass is 16.8. The highest BCUT2D eigenvalue weighted by Crippen LogP contribution is 2.45. The molecule has 4 rings (SSSR count). The van der Waals surface area contributed by atoms with Gasteiger partial charge in [0.05, 0.1) is 45.2 Å². The number of esters is 2. The van der Waals surface area contributed by atoms with Gasteiger partial charge < -0.3 is 54.0 Å². The predicted octanol–water partition coefficient (Wildman–Crippen LogP) is -0.985. The normalized spacial score (nSPS) is 33.4. The third-order valence-electron chi connectivity index (χ3n) is 7.03. The van der Waals surface area contributed by atoms with E-state index in [1.54, 1.807) is 24.3 Å². The minimum Gasteiger partial charge on any atom is -0.497 e. The quantitative estimate of drug-likeness (QED) is 0.140. The summed E-state index contributed by atoms with van der Waals surface area (Å²) in [6.45, 7) is -1.18. The number of methoxy groups -OCH3 is 2. The summed E-state index contributed by atoms with van der Waals surface area (Å²) in [4.78, 5) is 25.3. The van der Waals surface area contributed by atoms with Crippen LogP contribution in [0.2, 0.25) is 0 Å². The van der Waals surface area contributed by atoms with Gasteiger partial charge in [0.25, 0.3) is 0 Å². The van der Waals surface area contributed by atoms with Crippen LogP contribution in [0.3, 0.4) is 0 Å². The molecule has 0 spiro atoms. The molecule has 0 aromatic heterocycles. The van der Waals surface area contributed by atoms with E-state index in [-0.39, 0.29) is 5.57 Å². The summed E-state index contributed by atoms with van der Waals surface area (Å²) in [5.41, 5.74) is 1.03. The van der Waals surface area contributed by atoms with Crippen molar-refractivity contribution in [3.05, 3.63) is 59.4 Å². The highest BCUT2D eigenvalue weighted by molar-refractivity contribution is 5.90. The molecule has 0 unspecified atom stereocenters. The topological polar surface area (TPSA) is 191 Å². The number of aliphatic hydroxyl groups is 5. The zero-order valence-corrected chi connectivity index (χ0v) is 21.7. The molecule has 1 aliphatic carbocycles. The first-order valence-corrected chi connectivity index (χ1v) is 12.5. The van der Waals surface area contributed by atoms with Gasteiger partial charge in [-0.15, -0.1) is 0 Å². The zero-order valence-electron chi connectivity index (χ0n) is 21.7. The standard InChI is InChI=1S/C27H32O13/c1-35-15-6-3-13(4-7-15)5-8-19(30)38-17-9-14(10-28)20-21(17)16(25(34)36-2)12-37-26(20)40-27-24(33)23(32)22(31)18(11-29)39-27/h3-9,12,17-18,20-24,26-29,31-33H,10-11H2,1-2H3/t17-,18-,20+,21-,22-,23+,24-,26+,27+/m1/s1. The molecule has 1 fully saturated rings. The Kier molecular flexibility index (Phi) is 9.58. The molecule has 0 radical (unpaired) electrons. The average Bonchev–Trinajstić information content (AvgIpc) is 3.34. The van der Waals surface area contributed by atoms with E-state index in [2.05, 4.69) is 0 Å². The van der Waals surface area contributed by atoms with Crippen LogP contribution in [0.1, 0.15) is 5.56 Å². The van der Waals surface area contributed by atoms with Crippen molar-refractivity contribution in [2.45, 2.75) is 43.1 Å². The second-order valence-corrected chi connectivity index (χ2v) is 9.36. The number of ether oxygens (including phenoxy) is 6. The monoisotopic (exact) mass is 564 g/mol. The van der Waals surface area contributed by atoms with E-state index in [0.717, 1.165) is 6.26 Å². The highest BCUT2D eigenvalue weighted by Gasteiger charge is 2.53. The fourth-order valence-electron chi connectivity index (χ4n) is 4.93. The summed E-state index contributed by atoms with van der Waals surface area (Å²) >= 11 is 0. The number of carbonyl (C=O) groups excluding carboxylic acids is 2. The van der Waals surface area contributed by atoms with Crippen molar-refractivity contribution in [2.75, 3.05) is 27.4 Å². The summed E-state index contributed by atoms with van der Waals surface area (Å²) in [5, 5.41) is 50.2. The van der Waals surface area contributed by atoms with Crippen LogP contribution in [0.4, 0.5) is 0 Å². The summed E-state index contributed by atoms with van der Waals surface area (Å²) in [6.07, 6.45) is -4.82. The number of aliphatic hydroxyl groups excluding tert-OH is 5. The number of carbonyl (C=O) groups is 2. The van der Waals surface area contributed by atoms with Crippen molar-refractivity contribution < 1.29 is 63.5 Å². The minimum absolute atomic E-state index is 0.0118. The first kappa shape index (κ1) is 29.7. The lowest BCUT2D eigenvalue weighted by atomic mass is 9.82. The van der Waals surface area contributed by atoms with Gasteiger partial charge in [-0.2, -0.15) is 0 Å². The molecule has 1 saturated heterocycles. The lowest BCUT2D eigenvalue weighted by Crippen LogP contribution is -2.60. The van der Waals surface area contributed by atoms with E-state index in [9.17, 15) is 35.1 Å². The van der Waals surface area contributed by atoms with Crippen LogP contribution in [-0.2, 0) is 33.3 Å². The average molecular weight is 565 g/mol. The molecular weight excluding hydrogens is 532 g/mol. The van der Waals surface area contributed by atoms with E-state index in [1.807, 2.05) is 0 Å². The third kappa shape index (κ3) is 6.05. The van der Waals surface area contributed by atoms with E-state index in [1.165, 1.54) is 32.4 Å². The SMILES string of the molecule is COC(=O)C1=CO[C@@H](O[C@@H]2O[C@H](CO)[C@@H](O)[C@H](O)[C@H]2O)[C@H]2C(CO)=C[C@@H](OC(=O)C=Cc3ccc(OC)cc3)[C@@H]12. The molecule has 13 nitrogen and oxygen atoms in total. The largest absolute Gasteiger partial charge is 0.497 e. The molecule has 1 aromatic rings. The fraction of sp³-hybridized carbons (Fsp3) is 0.481. The third-order valence-corrected chi connectivity index (χ3v) is 7.03. The van der Waals surface area contributed by atoms with Crippen LogP contribution in [0.15, 0.2) is 53.8 Å². The smallest absolute Gasteiger partial charge is 0.337 e. The number of hydrogen-bond donors (Lipinski definition) is 5. The number of hydrogen-bond acceptors (Lipinski definition) is 13. The molecule has 1 aromatic carbocycles. The summed E-state index contributed by atoms with van der Waals surface area (Å²) in [7, 11) is 2.71. The molecule has 2 aliphatic heterocycles. The van der Waals surface area contributed by atoms with Gasteiger partial charge in [0.15, 0.2) is 6.29 Å². The fourth-order valence-corrected chi connectivity index (χ4v) is 4.93. The van der Waals surface area contributed by atoms with Crippen molar-refractivity contribution in [1.82, 2.24) is 0 Å². The van der Waals surface area contributed by atoms with Crippen molar-refractivity contribution in [1.29, 1.82) is 0 Å². The Balaban J connectivity index is 1.55. The maximum atomic E-state index is 12.7. The molecule has 0 bridgehead atoms.